The zero-order valence-electron chi connectivity index (χ0n) is 10.0. The maximum atomic E-state index is 5.92. The van der Waals surface area contributed by atoms with Crippen molar-refractivity contribution in [2.24, 2.45) is 0 Å². The summed E-state index contributed by atoms with van der Waals surface area (Å²) in [5.41, 5.74) is 1.38. The minimum atomic E-state index is 0.729. The van der Waals surface area contributed by atoms with Crippen LogP contribution in [-0.2, 0) is 6.54 Å². The maximum absolute atomic E-state index is 5.92. The van der Waals surface area contributed by atoms with Gasteiger partial charge in [0.2, 0.25) is 0 Å². The van der Waals surface area contributed by atoms with Gasteiger partial charge in [-0.1, -0.05) is 40.9 Å². The van der Waals surface area contributed by atoms with Gasteiger partial charge in [-0.25, -0.2) is 0 Å². The Bertz CT molecular complexity index is 333. The minimum absolute atomic E-state index is 0.729. The normalized spacial score (nSPS) is 16.9. The second kappa shape index (κ2) is 6.77. The highest BCUT2D eigenvalue weighted by molar-refractivity contribution is 9.10. The molecule has 1 saturated carbocycles. The molecule has 0 aliphatic heterocycles. The highest BCUT2D eigenvalue weighted by Gasteiger charge is 2.21. The van der Waals surface area contributed by atoms with Crippen LogP contribution in [0, 0.1) is 0 Å². The predicted molar refractivity (Wildman–Crippen MR) is 77.5 cm³/mol. The summed E-state index contributed by atoms with van der Waals surface area (Å²) in [6.07, 6.45) is 5.44. The average Bonchev–Trinajstić information content (AvgIpc) is 2.85. The van der Waals surface area contributed by atoms with Crippen LogP contribution in [0.25, 0.3) is 0 Å². The smallest absolute Gasteiger partial charge is 0.0351 e. The maximum Gasteiger partial charge on any atom is 0.0351 e. The van der Waals surface area contributed by atoms with Crippen LogP contribution >= 0.6 is 27.5 Å². The molecule has 0 amide bonds. The highest BCUT2D eigenvalue weighted by atomic mass is 79.9. The summed E-state index contributed by atoms with van der Waals surface area (Å²) in [5.74, 6) is 0.729. The topological polar surface area (TPSA) is 3.24 Å². The lowest BCUT2D eigenvalue weighted by Crippen LogP contribution is -2.34. The molecule has 0 bridgehead atoms. The quantitative estimate of drug-likeness (QED) is 0.726. The van der Waals surface area contributed by atoms with Crippen LogP contribution in [-0.4, -0.2) is 23.4 Å². The van der Waals surface area contributed by atoms with E-state index in [2.05, 4.69) is 45.1 Å². The summed E-state index contributed by atoms with van der Waals surface area (Å²) in [6, 6.07) is 9.36. The molecule has 0 unspecified atom stereocenters. The van der Waals surface area contributed by atoms with Gasteiger partial charge in [0.05, 0.1) is 0 Å². The van der Waals surface area contributed by atoms with Gasteiger partial charge < -0.3 is 0 Å². The average molecular weight is 317 g/mol. The molecule has 0 N–H and O–H groups in total. The minimum Gasteiger partial charge on any atom is -0.295 e. The van der Waals surface area contributed by atoms with Crippen LogP contribution in [0.1, 0.15) is 31.2 Å². The number of nitrogens with zero attached hydrogens (tertiary/aromatic N) is 1. The lowest BCUT2D eigenvalue weighted by atomic mass is 10.1. The molecule has 0 aromatic heterocycles. The molecule has 1 aromatic rings. The molecule has 0 atom stereocenters. The number of rotatable bonds is 5. The largest absolute Gasteiger partial charge is 0.295 e. The van der Waals surface area contributed by atoms with Gasteiger partial charge in [0, 0.05) is 29.5 Å². The summed E-state index contributed by atoms with van der Waals surface area (Å²) in [4.78, 5) is 2.54. The highest BCUT2D eigenvalue weighted by Crippen LogP contribution is 2.25. The fourth-order valence-corrected chi connectivity index (χ4v) is 3.07. The van der Waals surface area contributed by atoms with Gasteiger partial charge in [0.1, 0.15) is 0 Å². The first-order valence-corrected chi connectivity index (χ1v) is 7.67. The molecule has 1 nitrogen and oxygen atoms in total. The first-order chi connectivity index (χ1) is 8.29. The third-order valence-electron chi connectivity index (χ3n) is 3.51. The van der Waals surface area contributed by atoms with Crippen molar-refractivity contribution in [1.29, 1.82) is 0 Å². The second-order valence-electron chi connectivity index (χ2n) is 4.72. The molecule has 1 aliphatic rings. The Balaban J connectivity index is 1.98. The number of hydrogen-bond donors (Lipinski definition) is 0. The predicted octanol–water partition coefficient (Wildman–Crippen LogP) is 4.43. The van der Waals surface area contributed by atoms with Crippen LogP contribution in [0.5, 0.6) is 0 Å². The molecule has 17 heavy (non-hydrogen) atoms. The lowest BCUT2D eigenvalue weighted by molar-refractivity contribution is 0.201. The van der Waals surface area contributed by atoms with Crippen LogP contribution in [0.15, 0.2) is 28.7 Å². The third-order valence-corrected chi connectivity index (χ3v) is 4.21. The van der Waals surface area contributed by atoms with Gasteiger partial charge in [-0.2, -0.15) is 0 Å². The fourth-order valence-electron chi connectivity index (χ4n) is 2.59. The van der Waals surface area contributed by atoms with Crippen LogP contribution < -0.4 is 0 Å². The Kier molecular flexibility index (Phi) is 5.33. The van der Waals surface area contributed by atoms with E-state index >= 15 is 0 Å². The van der Waals surface area contributed by atoms with E-state index in [1.54, 1.807) is 0 Å². The molecule has 1 aromatic carbocycles. The Morgan fingerprint density at radius 3 is 2.41 bits per heavy atom. The molecule has 0 heterocycles. The Morgan fingerprint density at radius 2 is 1.82 bits per heavy atom. The van der Waals surface area contributed by atoms with Crippen molar-refractivity contribution in [3.05, 3.63) is 34.3 Å². The standard InChI is InChI=1S/C14H19BrClN/c15-13-7-5-12(6-8-13)11-17(10-9-16)14-3-1-2-4-14/h5-8,14H,1-4,9-11H2. The lowest BCUT2D eigenvalue weighted by Gasteiger charge is -2.28. The summed E-state index contributed by atoms with van der Waals surface area (Å²) in [6.45, 7) is 2.03. The molecule has 1 fully saturated rings. The molecule has 0 radical (unpaired) electrons. The van der Waals surface area contributed by atoms with E-state index < -0.39 is 0 Å². The van der Waals surface area contributed by atoms with Gasteiger partial charge in [0.25, 0.3) is 0 Å². The number of alkyl halides is 1. The second-order valence-corrected chi connectivity index (χ2v) is 6.02. The summed E-state index contributed by atoms with van der Waals surface area (Å²) in [5, 5.41) is 0. The van der Waals surface area contributed by atoms with Crippen LogP contribution in [0.4, 0.5) is 0 Å². The monoisotopic (exact) mass is 315 g/mol. The van der Waals surface area contributed by atoms with Gasteiger partial charge in [-0.05, 0) is 30.5 Å². The van der Waals surface area contributed by atoms with E-state index in [1.165, 1.54) is 31.2 Å². The molecule has 1 aliphatic carbocycles. The van der Waals surface area contributed by atoms with Gasteiger partial charge in [-0.15, -0.1) is 11.6 Å². The zero-order valence-corrected chi connectivity index (χ0v) is 12.4. The Morgan fingerprint density at radius 1 is 1.18 bits per heavy atom. The number of halogens is 2. The van der Waals surface area contributed by atoms with E-state index in [0.717, 1.165) is 29.5 Å². The van der Waals surface area contributed by atoms with E-state index in [4.69, 9.17) is 11.6 Å². The van der Waals surface area contributed by atoms with Crippen molar-refractivity contribution < 1.29 is 0 Å². The third kappa shape index (κ3) is 3.97. The summed E-state index contributed by atoms with van der Waals surface area (Å²) >= 11 is 9.39. The Labute approximate surface area is 117 Å². The Hall–Kier alpha value is -0.0500. The number of benzene rings is 1. The number of hydrogen-bond acceptors (Lipinski definition) is 1. The van der Waals surface area contributed by atoms with Gasteiger partial charge >= 0.3 is 0 Å². The van der Waals surface area contributed by atoms with Gasteiger partial charge in [-0.3, -0.25) is 4.90 Å². The van der Waals surface area contributed by atoms with Crippen molar-refractivity contribution in [1.82, 2.24) is 4.90 Å². The SMILES string of the molecule is ClCCN(Cc1ccc(Br)cc1)C1CCCC1. The zero-order chi connectivity index (χ0) is 12.1. The van der Waals surface area contributed by atoms with Crippen LogP contribution in [0.3, 0.4) is 0 Å². The van der Waals surface area contributed by atoms with Crippen molar-refractivity contribution in [2.45, 2.75) is 38.3 Å². The first-order valence-electron chi connectivity index (χ1n) is 6.34. The molecular formula is C14H19BrClN. The molecular weight excluding hydrogens is 298 g/mol. The molecule has 0 spiro atoms. The summed E-state index contributed by atoms with van der Waals surface area (Å²) < 4.78 is 1.14. The first kappa shape index (κ1) is 13.4. The summed E-state index contributed by atoms with van der Waals surface area (Å²) in [7, 11) is 0. The van der Waals surface area contributed by atoms with Crippen molar-refractivity contribution in [3.8, 4) is 0 Å². The van der Waals surface area contributed by atoms with E-state index in [1.807, 2.05) is 0 Å². The van der Waals surface area contributed by atoms with Crippen LogP contribution in [0.2, 0.25) is 0 Å². The molecule has 0 saturated heterocycles. The van der Waals surface area contributed by atoms with E-state index in [9.17, 15) is 0 Å². The van der Waals surface area contributed by atoms with Crippen molar-refractivity contribution in [2.75, 3.05) is 12.4 Å². The van der Waals surface area contributed by atoms with Gasteiger partial charge in [0.15, 0.2) is 0 Å². The molecule has 2 rings (SSSR count). The fraction of sp³-hybridized carbons (Fsp3) is 0.571. The van der Waals surface area contributed by atoms with E-state index in [-0.39, 0.29) is 0 Å². The molecule has 94 valence electrons. The van der Waals surface area contributed by atoms with Crippen molar-refractivity contribution in [3.63, 3.8) is 0 Å². The van der Waals surface area contributed by atoms with E-state index in [0.29, 0.717) is 0 Å². The molecule has 3 heteroatoms. The van der Waals surface area contributed by atoms with Crippen molar-refractivity contribution >= 4 is 27.5 Å².